The Bertz CT molecular complexity index is 523. The molecule has 2 heterocycles. The van der Waals surface area contributed by atoms with Crippen LogP contribution >= 0.6 is 23.2 Å². The van der Waals surface area contributed by atoms with Gasteiger partial charge >= 0.3 is 0 Å². The number of fused-ring (bicyclic) bond motifs is 1. The van der Waals surface area contributed by atoms with Gasteiger partial charge in [-0.05, 0) is 23.8 Å². The van der Waals surface area contributed by atoms with Crippen molar-refractivity contribution in [2.24, 2.45) is 0 Å². The van der Waals surface area contributed by atoms with Gasteiger partial charge in [-0.25, -0.2) is 0 Å². The molecule has 1 fully saturated rings. The van der Waals surface area contributed by atoms with E-state index in [1.807, 2.05) is 12.1 Å². The Morgan fingerprint density at radius 2 is 2.06 bits per heavy atom. The van der Waals surface area contributed by atoms with Crippen LogP contribution in [0.25, 0.3) is 0 Å². The van der Waals surface area contributed by atoms with Crippen molar-refractivity contribution in [1.82, 2.24) is 9.80 Å². The van der Waals surface area contributed by atoms with Crippen LogP contribution in [0.1, 0.15) is 5.56 Å². The van der Waals surface area contributed by atoms with Crippen molar-refractivity contribution in [2.45, 2.75) is 6.54 Å². The summed E-state index contributed by atoms with van der Waals surface area (Å²) < 4.78 is 0. The van der Waals surface area contributed by atoms with Gasteiger partial charge < -0.3 is 9.80 Å². The van der Waals surface area contributed by atoms with Crippen LogP contribution in [0.4, 0.5) is 0 Å². The van der Waals surface area contributed by atoms with E-state index in [-0.39, 0.29) is 0 Å². The number of benzene rings is 1. The molecule has 0 unspecified atom stereocenters. The van der Waals surface area contributed by atoms with Gasteiger partial charge in [0.05, 0.1) is 0 Å². The van der Waals surface area contributed by atoms with Gasteiger partial charge in [-0.15, -0.1) is 0 Å². The molecule has 0 N–H and O–H groups in total. The lowest BCUT2D eigenvalue weighted by molar-refractivity contribution is 0.344. The van der Waals surface area contributed by atoms with Gasteiger partial charge in [0, 0.05) is 36.2 Å². The summed E-state index contributed by atoms with van der Waals surface area (Å²) in [6.07, 6.45) is 6.47. The van der Waals surface area contributed by atoms with Crippen LogP contribution in [0.5, 0.6) is 0 Å². The van der Waals surface area contributed by atoms with Gasteiger partial charge in [0.25, 0.3) is 0 Å². The highest BCUT2D eigenvalue weighted by molar-refractivity contribution is 6.35. The van der Waals surface area contributed by atoms with E-state index >= 15 is 0 Å². The Morgan fingerprint density at radius 1 is 1.17 bits per heavy atom. The van der Waals surface area contributed by atoms with E-state index in [0.29, 0.717) is 5.02 Å². The number of hydrogen-bond donors (Lipinski definition) is 0. The van der Waals surface area contributed by atoms with Crippen LogP contribution in [0.2, 0.25) is 10.0 Å². The Balaban J connectivity index is 1.80. The van der Waals surface area contributed by atoms with E-state index in [2.05, 4.69) is 28.0 Å². The summed E-state index contributed by atoms with van der Waals surface area (Å²) in [4.78, 5) is 4.74. The van der Waals surface area contributed by atoms with Crippen molar-refractivity contribution < 1.29 is 0 Å². The molecule has 3 rings (SSSR count). The first-order valence-electron chi connectivity index (χ1n) is 6.05. The Morgan fingerprint density at radius 3 is 2.89 bits per heavy atom. The molecule has 2 aliphatic heterocycles. The minimum atomic E-state index is 0.687. The molecule has 0 radical (unpaired) electrons. The molecule has 0 aliphatic carbocycles. The standard InChI is InChI=1S/C14H14Cl2N2/c15-12-5-4-11(13(16)9-12)10-18-8-7-17-6-2-1-3-14(17)18/h1-5,9H,6-8,10H2. The van der Waals surface area contributed by atoms with Gasteiger partial charge in [-0.3, -0.25) is 0 Å². The molecule has 1 saturated heterocycles. The zero-order chi connectivity index (χ0) is 12.5. The topological polar surface area (TPSA) is 6.48 Å². The summed E-state index contributed by atoms with van der Waals surface area (Å²) in [7, 11) is 0. The zero-order valence-electron chi connectivity index (χ0n) is 9.94. The summed E-state index contributed by atoms with van der Waals surface area (Å²) >= 11 is 12.1. The lowest BCUT2D eigenvalue weighted by Gasteiger charge is -2.26. The molecule has 4 heteroatoms. The second kappa shape index (κ2) is 4.87. The van der Waals surface area contributed by atoms with Crippen molar-refractivity contribution in [3.63, 3.8) is 0 Å². The highest BCUT2D eigenvalue weighted by Gasteiger charge is 2.25. The molecule has 2 aliphatic rings. The van der Waals surface area contributed by atoms with Gasteiger partial charge in [0.1, 0.15) is 5.82 Å². The van der Waals surface area contributed by atoms with E-state index in [1.54, 1.807) is 6.07 Å². The Kier molecular flexibility index (Phi) is 3.23. The fraction of sp³-hybridized carbons (Fsp3) is 0.286. The molecule has 0 bridgehead atoms. The normalized spacial score (nSPS) is 18.0. The van der Waals surface area contributed by atoms with E-state index in [9.17, 15) is 0 Å². The molecule has 1 aromatic rings. The first-order valence-corrected chi connectivity index (χ1v) is 6.80. The molecule has 2 nitrogen and oxygen atoms in total. The molecule has 0 saturated carbocycles. The minimum absolute atomic E-state index is 0.687. The van der Waals surface area contributed by atoms with Crippen molar-refractivity contribution in [3.8, 4) is 0 Å². The third kappa shape index (κ3) is 2.23. The fourth-order valence-corrected chi connectivity index (χ4v) is 2.89. The lowest BCUT2D eigenvalue weighted by atomic mass is 10.2. The largest absolute Gasteiger partial charge is 0.353 e. The maximum atomic E-state index is 6.22. The van der Waals surface area contributed by atoms with Crippen LogP contribution in [0.15, 0.2) is 42.2 Å². The fourth-order valence-electron chi connectivity index (χ4n) is 2.42. The smallest absolute Gasteiger partial charge is 0.105 e. The van der Waals surface area contributed by atoms with Crippen molar-refractivity contribution in [1.29, 1.82) is 0 Å². The Hall–Kier alpha value is -1.12. The summed E-state index contributed by atoms with van der Waals surface area (Å²) in [6, 6.07) is 5.71. The SMILES string of the molecule is Clc1ccc(CN2CCN3CC=CC=C32)c(Cl)c1. The number of allylic oxidation sites excluding steroid dienone is 2. The summed E-state index contributed by atoms with van der Waals surface area (Å²) in [5, 5.41) is 1.43. The average Bonchev–Trinajstić information content (AvgIpc) is 2.76. The predicted molar refractivity (Wildman–Crippen MR) is 75.7 cm³/mol. The highest BCUT2D eigenvalue weighted by Crippen LogP contribution is 2.27. The third-order valence-corrected chi connectivity index (χ3v) is 3.96. The second-order valence-electron chi connectivity index (χ2n) is 4.56. The van der Waals surface area contributed by atoms with E-state index in [4.69, 9.17) is 23.2 Å². The van der Waals surface area contributed by atoms with Crippen LogP contribution < -0.4 is 0 Å². The van der Waals surface area contributed by atoms with Gasteiger partial charge in [-0.2, -0.15) is 0 Å². The molecule has 0 atom stereocenters. The maximum absolute atomic E-state index is 6.22. The lowest BCUT2D eigenvalue weighted by Crippen LogP contribution is -2.24. The molecule has 0 amide bonds. The quantitative estimate of drug-likeness (QED) is 0.818. The summed E-state index contributed by atoms with van der Waals surface area (Å²) in [5.41, 5.74) is 1.12. The monoisotopic (exact) mass is 280 g/mol. The van der Waals surface area contributed by atoms with Crippen LogP contribution in [-0.2, 0) is 6.54 Å². The predicted octanol–water partition coefficient (Wildman–Crippen LogP) is 3.52. The van der Waals surface area contributed by atoms with E-state index < -0.39 is 0 Å². The number of hydrogen-bond acceptors (Lipinski definition) is 2. The first kappa shape index (κ1) is 11.9. The third-order valence-electron chi connectivity index (χ3n) is 3.37. The van der Waals surface area contributed by atoms with Crippen LogP contribution in [-0.4, -0.2) is 29.4 Å². The van der Waals surface area contributed by atoms with E-state index in [1.165, 1.54) is 5.82 Å². The van der Waals surface area contributed by atoms with Gasteiger partial charge in [0.2, 0.25) is 0 Å². The molecule has 1 aromatic carbocycles. The second-order valence-corrected chi connectivity index (χ2v) is 5.40. The van der Waals surface area contributed by atoms with Crippen molar-refractivity contribution in [3.05, 3.63) is 57.9 Å². The van der Waals surface area contributed by atoms with Crippen molar-refractivity contribution in [2.75, 3.05) is 19.6 Å². The maximum Gasteiger partial charge on any atom is 0.105 e. The summed E-state index contributed by atoms with van der Waals surface area (Å²) in [5.74, 6) is 1.29. The van der Waals surface area contributed by atoms with Gasteiger partial charge in [-0.1, -0.05) is 41.4 Å². The average molecular weight is 281 g/mol. The molecule has 0 spiro atoms. The number of nitrogens with zero attached hydrogens (tertiary/aromatic N) is 2. The molecule has 94 valence electrons. The van der Waals surface area contributed by atoms with Crippen LogP contribution in [0, 0.1) is 0 Å². The first-order chi connectivity index (χ1) is 8.74. The number of halogens is 2. The minimum Gasteiger partial charge on any atom is -0.353 e. The van der Waals surface area contributed by atoms with Gasteiger partial charge in [0.15, 0.2) is 0 Å². The molecular formula is C14H14Cl2N2. The summed E-state index contributed by atoms with van der Waals surface area (Å²) in [6.45, 7) is 3.98. The Labute approximate surface area is 117 Å². The highest BCUT2D eigenvalue weighted by atomic mass is 35.5. The zero-order valence-corrected chi connectivity index (χ0v) is 11.5. The number of rotatable bonds is 2. The molecule has 0 aromatic heterocycles. The molecule has 18 heavy (non-hydrogen) atoms. The van der Waals surface area contributed by atoms with Crippen molar-refractivity contribution >= 4 is 23.2 Å². The molecular weight excluding hydrogens is 267 g/mol. The van der Waals surface area contributed by atoms with Crippen LogP contribution in [0.3, 0.4) is 0 Å². The van der Waals surface area contributed by atoms with E-state index in [0.717, 1.165) is 36.8 Å².